The van der Waals surface area contributed by atoms with Crippen molar-refractivity contribution in [3.8, 4) is 0 Å². The molecule has 1 aromatic rings. The molecule has 1 aliphatic carbocycles. The van der Waals surface area contributed by atoms with Crippen LogP contribution in [0.1, 0.15) is 45.3 Å². The molecule has 2 atom stereocenters. The Hall–Kier alpha value is -2.54. The monoisotopic (exact) mass is 396 g/mol. The summed E-state index contributed by atoms with van der Waals surface area (Å²) in [6, 6.07) is 2.21. The van der Waals surface area contributed by atoms with Gasteiger partial charge in [0.1, 0.15) is 12.1 Å². The summed E-state index contributed by atoms with van der Waals surface area (Å²) in [6.45, 7) is 14.4. The van der Waals surface area contributed by atoms with Gasteiger partial charge in [-0.2, -0.15) is 0 Å². The van der Waals surface area contributed by atoms with Crippen LogP contribution in [0, 0.1) is 5.92 Å². The molecule has 2 saturated heterocycles. The van der Waals surface area contributed by atoms with Crippen LogP contribution in [-0.4, -0.2) is 47.2 Å². The van der Waals surface area contributed by atoms with Crippen LogP contribution in [0.4, 0.5) is 5.82 Å². The topological polar surface area (TPSA) is 65.5 Å². The quantitative estimate of drug-likeness (QED) is 0.766. The van der Waals surface area contributed by atoms with Crippen LogP contribution in [0.3, 0.4) is 0 Å². The van der Waals surface area contributed by atoms with Crippen molar-refractivity contribution < 1.29 is 4.74 Å². The largest absolute Gasteiger partial charge is 0.495 e. The first kappa shape index (κ1) is 19.8. The van der Waals surface area contributed by atoms with E-state index < -0.39 is 0 Å². The standard InChI is InChI=1S/C22H32N6O/c1-5-8-27-9-10-28(13-16(27)4)21-12-20(23-14-24-21)22-18-11-17(29-15(2)3)6-7-19(18)25-26-22/h6-7,12,14-15,18,22,25-26H,4-5,8-11,13H2,1-3H3/t18-,22+/m0/s1. The van der Waals surface area contributed by atoms with Crippen molar-refractivity contribution in [3.05, 3.63) is 54.0 Å². The highest BCUT2D eigenvalue weighted by Crippen LogP contribution is 2.38. The van der Waals surface area contributed by atoms with Gasteiger partial charge in [0, 0.05) is 49.4 Å². The molecule has 3 heterocycles. The van der Waals surface area contributed by atoms with Gasteiger partial charge in [-0.05, 0) is 32.4 Å². The van der Waals surface area contributed by atoms with Gasteiger partial charge in [-0.3, -0.25) is 0 Å². The lowest BCUT2D eigenvalue weighted by Crippen LogP contribution is -2.45. The lowest BCUT2D eigenvalue weighted by molar-refractivity contribution is 0.132. The number of nitrogens with zero attached hydrogens (tertiary/aromatic N) is 4. The Kier molecular flexibility index (Phi) is 5.76. The average molecular weight is 397 g/mol. The molecular formula is C22H32N6O. The van der Waals surface area contributed by atoms with E-state index in [-0.39, 0.29) is 18.1 Å². The summed E-state index contributed by atoms with van der Waals surface area (Å²) in [5.74, 6) is 2.28. The zero-order valence-electron chi connectivity index (χ0n) is 17.7. The van der Waals surface area contributed by atoms with Crippen LogP contribution in [-0.2, 0) is 4.74 Å². The highest BCUT2D eigenvalue weighted by molar-refractivity contribution is 5.43. The van der Waals surface area contributed by atoms with Gasteiger partial charge in [0.05, 0.1) is 30.1 Å². The minimum atomic E-state index is 0.0899. The molecule has 0 aromatic carbocycles. The van der Waals surface area contributed by atoms with Crippen LogP contribution in [0.25, 0.3) is 0 Å². The molecule has 4 rings (SSSR count). The van der Waals surface area contributed by atoms with Crippen molar-refractivity contribution in [3.63, 3.8) is 0 Å². The number of hydrazine groups is 1. The lowest BCUT2D eigenvalue weighted by Gasteiger charge is -2.38. The SMILES string of the molecule is C=C1CN(c2cc([C@@H]3NNC4=CC=C(OC(C)C)C[C@@H]43)ncn2)CCN1CCC. The van der Waals surface area contributed by atoms with Gasteiger partial charge in [-0.1, -0.05) is 13.5 Å². The number of ether oxygens (including phenoxy) is 1. The summed E-state index contributed by atoms with van der Waals surface area (Å²) in [4.78, 5) is 13.8. The minimum absolute atomic E-state index is 0.0899. The second-order valence-corrected chi connectivity index (χ2v) is 8.26. The number of aromatic nitrogens is 2. The van der Waals surface area contributed by atoms with Crippen LogP contribution in [0.15, 0.2) is 48.3 Å². The smallest absolute Gasteiger partial charge is 0.132 e. The lowest BCUT2D eigenvalue weighted by atomic mass is 9.88. The van der Waals surface area contributed by atoms with E-state index in [0.717, 1.165) is 62.0 Å². The maximum absolute atomic E-state index is 5.95. The van der Waals surface area contributed by atoms with E-state index in [1.165, 1.54) is 5.70 Å². The number of rotatable bonds is 6. The Morgan fingerprint density at radius 2 is 2.14 bits per heavy atom. The van der Waals surface area contributed by atoms with Gasteiger partial charge in [-0.25, -0.2) is 15.4 Å². The number of fused-ring (bicyclic) bond motifs is 1. The number of allylic oxidation sites excluding steroid dienone is 3. The zero-order chi connectivity index (χ0) is 20.4. The first-order valence-electron chi connectivity index (χ1n) is 10.6. The van der Waals surface area contributed by atoms with Crippen molar-refractivity contribution in [1.29, 1.82) is 0 Å². The average Bonchev–Trinajstić information content (AvgIpc) is 3.12. The van der Waals surface area contributed by atoms with Crippen LogP contribution in [0.2, 0.25) is 0 Å². The molecule has 2 fully saturated rings. The molecule has 0 unspecified atom stereocenters. The molecule has 2 aliphatic heterocycles. The van der Waals surface area contributed by atoms with Gasteiger partial charge in [0.2, 0.25) is 0 Å². The predicted molar refractivity (Wildman–Crippen MR) is 115 cm³/mol. The van der Waals surface area contributed by atoms with Crippen LogP contribution in [0.5, 0.6) is 0 Å². The second-order valence-electron chi connectivity index (χ2n) is 8.26. The fourth-order valence-electron chi connectivity index (χ4n) is 4.30. The Morgan fingerprint density at radius 1 is 1.28 bits per heavy atom. The van der Waals surface area contributed by atoms with E-state index in [1.807, 2.05) is 0 Å². The van der Waals surface area contributed by atoms with Crippen LogP contribution < -0.4 is 15.8 Å². The molecule has 156 valence electrons. The van der Waals surface area contributed by atoms with E-state index in [4.69, 9.17) is 4.74 Å². The number of piperazine rings is 1. The summed E-state index contributed by atoms with van der Waals surface area (Å²) >= 11 is 0. The highest BCUT2D eigenvalue weighted by Gasteiger charge is 2.36. The maximum Gasteiger partial charge on any atom is 0.132 e. The van der Waals surface area contributed by atoms with E-state index in [1.54, 1.807) is 6.33 Å². The molecule has 7 heteroatoms. The van der Waals surface area contributed by atoms with Crippen LogP contribution >= 0.6 is 0 Å². The number of hydrogen-bond donors (Lipinski definition) is 2. The van der Waals surface area contributed by atoms with Gasteiger partial charge >= 0.3 is 0 Å². The third-order valence-electron chi connectivity index (χ3n) is 5.70. The normalized spacial score (nSPS) is 24.2. The summed E-state index contributed by atoms with van der Waals surface area (Å²) in [6.07, 6.45) is 8.04. The highest BCUT2D eigenvalue weighted by atomic mass is 16.5. The number of hydrogen-bond acceptors (Lipinski definition) is 7. The Morgan fingerprint density at radius 3 is 2.90 bits per heavy atom. The Labute approximate surface area is 173 Å². The molecule has 0 saturated carbocycles. The molecule has 0 amide bonds. The summed E-state index contributed by atoms with van der Waals surface area (Å²) in [7, 11) is 0. The summed E-state index contributed by atoms with van der Waals surface area (Å²) in [5.41, 5.74) is 10.1. The van der Waals surface area contributed by atoms with Gasteiger partial charge in [-0.15, -0.1) is 0 Å². The fourth-order valence-corrected chi connectivity index (χ4v) is 4.30. The van der Waals surface area contributed by atoms with E-state index in [2.05, 4.69) is 76.2 Å². The minimum Gasteiger partial charge on any atom is -0.495 e. The Balaban J connectivity index is 1.48. The second kappa shape index (κ2) is 8.45. The first-order chi connectivity index (χ1) is 14.0. The van der Waals surface area contributed by atoms with E-state index in [0.29, 0.717) is 0 Å². The predicted octanol–water partition coefficient (Wildman–Crippen LogP) is 2.88. The van der Waals surface area contributed by atoms with Gasteiger partial charge in [0.25, 0.3) is 0 Å². The molecule has 0 bridgehead atoms. The molecule has 7 nitrogen and oxygen atoms in total. The molecule has 0 spiro atoms. The van der Waals surface area contributed by atoms with Crippen molar-refractivity contribution in [2.45, 2.75) is 45.8 Å². The first-order valence-corrected chi connectivity index (χ1v) is 10.6. The van der Waals surface area contributed by atoms with Crippen molar-refractivity contribution >= 4 is 5.82 Å². The number of anilines is 1. The fraction of sp³-hybridized carbons (Fsp3) is 0.545. The Bertz CT molecular complexity index is 817. The molecule has 2 N–H and O–H groups in total. The summed E-state index contributed by atoms with van der Waals surface area (Å²) < 4.78 is 5.95. The molecule has 3 aliphatic rings. The maximum atomic E-state index is 5.95. The van der Waals surface area contributed by atoms with Crippen molar-refractivity contribution in [2.75, 3.05) is 31.1 Å². The van der Waals surface area contributed by atoms with Gasteiger partial charge in [0.15, 0.2) is 0 Å². The zero-order valence-corrected chi connectivity index (χ0v) is 17.7. The van der Waals surface area contributed by atoms with Gasteiger partial charge < -0.3 is 20.0 Å². The number of nitrogens with one attached hydrogen (secondary N) is 2. The summed E-state index contributed by atoms with van der Waals surface area (Å²) in [5, 5.41) is 0. The molecule has 0 radical (unpaired) electrons. The van der Waals surface area contributed by atoms with E-state index >= 15 is 0 Å². The molecule has 29 heavy (non-hydrogen) atoms. The van der Waals surface area contributed by atoms with Crippen molar-refractivity contribution in [2.24, 2.45) is 5.92 Å². The van der Waals surface area contributed by atoms with E-state index in [9.17, 15) is 0 Å². The molecular weight excluding hydrogens is 364 g/mol. The third-order valence-corrected chi connectivity index (χ3v) is 5.70. The third kappa shape index (κ3) is 4.24. The molecule has 1 aromatic heterocycles. The van der Waals surface area contributed by atoms with Crippen molar-refractivity contribution in [1.82, 2.24) is 25.7 Å².